The number of aromatic nitrogens is 2. The Morgan fingerprint density at radius 3 is 2.89 bits per heavy atom. The van der Waals surface area contributed by atoms with Gasteiger partial charge in [0.1, 0.15) is 0 Å². The fourth-order valence-electron chi connectivity index (χ4n) is 2.35. The van der Waals surface area contributed by atoms with E-state index in [0.717, 1.165) is 22.5 Å². The van der Waals surface area contributed by atoms with Crippen molar-refractivity contribution in [2.45, 2.75) is 26.4 Å². The average molecular weight is 241 g/mol. The molecular formula is C14H15N3O. The van der Waals surface area contributed by atoms with Crippen molar-refractivity contribution in [3.8, 4) is 0 Å². The quantitative estimate of drug-likeness (QED) is 0.871. The first kappa shape index (κ1) is 11.0. The van der Waals surface area contributed by atoms with Gasteiger partial charge in [-0.15, -0.1) is 0 Å². The fraction of sp³-hybridized carbons (Fsp3) is 0.286. The van der Waals surface area contributed by atoms with Gasteiger partial charge in [0, 0.05) is 17.8 Å². The molecule has 3 rings (SSSR count). The molecule has 1 aromatic heterocycles. The van der Waals surface area contributed by atoms with Crippen LogP contribution >= 0.6 is 0 Å². The lowest BCUT2D eigenvalue weighted by atomic mass is 10.0. The molecule has 0 unspecified atom stereocenters. The monoisotopic (exact) mass is 241 g/mol. The smallest absolute Gasteiger partial charge is 0.227 e. The zero-order valence-corrected chi connectivity index (χ0v) is 10.3. The molecule has 1 aliphatic heterocycles. The van der Waals surface area contributed by atoms with Gasteiger partial charge in [0.05, 0.1) is 18.7 Å². The number of nitrogens with zero attached hydrogens (tertiary/aromatic N) is 2. The first-order valence-corrected chi connectivity index (χ1v) is 6.08. The van der Waals surface area contributed by atoms with Crippen LogP contribution in [-0.2, 0) is 24.3 Å². The Labute approximate surface area is 106 Å². The molecule has 2 heterocycles. The minimum absolute atomic E-state index is 0.177. The molecular weight excluding hydrogens is 226 g/mol. The second-order valence-electron chi connectivity index (χ2n) is 4.69. The zero-order valence-electron chi connectivity index (χ0n) is 10.3. The summed E-state index contributed by atoms with van der Waals surface area (Å²) in [7, 11) is 0. The summed E-state index contributed by atoms with van der Waals surface area (Å²) in [6.07, 6.45) is 0.463. The maximum Gasteiger partial charge on any atom is 0.227 e. The summed E-state index contributed by atoms with van der Waals surface area (Å²) in [5.74, 6) is 0.177. The summed E-state index contributed by atoms with van der Waals surface area (Å²) in [6, 6.07) is 10.1. The highest BCUT2D eigenvalue weighted by atomic mass is 16.2. The van der Waals surface area contributed by atoms with Crippen molar-refractivity contribution in [1.29, 1.82) is 0 Å². The van der Waals surface area contributed by atoms with Crippen molar-refractivity contribution in [3.63, 3.8) is 0 Å². The number of hydrogen-bond donors (Lipinski definition) is 1. The lowest BCUT2D eigenvalue weighted by Gasteiger charge is -2.26. The number of H-pyrrole nitrogens is 1. The summed E-state index contributed by atoms with van der Waals surface area (Å²) >= 11 is 0. The molecule has 4 nitrogen and oxygen atoms in total. The number of hydrogen-bond acceptors (Lipinski definition) is 2. The second kappa shape index (κ2) is 4.29. The summed E-state index contributed by atoms with van der Waals surface area (Å²) in [4.78, 5) is 14.0. The highest BCUT2D eigenvalue weighted by molar-refractivity contribution is 5.80. The highest BCUT2D eigenvalue weighted by Crippen LogP contribution is 2.21. The Morgan fingerprint density at radius 1 is 1.33 bits per heavy atom. The molecule has 0 saturated carbocycles. The number of aryl methyl sites for hydroxylation is 1. The lowest BCUT2D eigenvalue weighted by molar-refractivity contribution is -0.132. The van der Waals surface area contributed by atoms with Gasteiger partial charge < -0.3 is 4.90 Å². The van der Waals surface area contributed by atoms with Crippen LogP contribution in [0.1, 0.15) is 22.5 Å². The summed E-state index contributed by atoms with van der Waals surface area (Å²) in [6.45, 7) is 3.23. The van der Waals surface area contributed by atoms with Gasteiger partial charge in [-0.25, -0.2) is 0 Å². The third-order valence-corrected chi connectivity index (χ3v) is 3.40. The van der Waals surface area contributed by atoms with E-state index in [2.05, 4.69) is 10.2 Å². The highest BCUT2D eigenvalue weighted by Gasteiger charge is 2.26. The van der Waals surface area contributed by atoms with Crippen LogP contribution in [0.3, 0.4) is 0 Å². The molecule has 18 heavy (non-hydrogen) atoms. The molecule has 1 amide bonds. The number of amides is 1. The summed E-state index contributed by atoms with van der Waals surface area (Å²) in [5.41, 5.74) is 4.24. The predicted octanol–water partition coefficient (Wildman–Crippen LogP) is 1.80. The number of carbonyl (C=O) groups is 1. The van der Waals surface area contributed by atoms with Gasteiger partial charge in [-0.3, -0.25) is 9.89 Å². The summed E-state index contributed by atoms with van der Waals surface area (Å²) < 4.78 is 0. The van der Waals surface area contributed by atoms with Crippen LogP contribution in [0.15, 0.2) is 30.3 Å². The van der Waals surface area contributed by atoms with Gasteiger partial charge >= 0.3 is 0 Å². The lowest BCUT2D eigenvalue weighted by Crippen LogP contribution is -2.35. The van der Waals surface area contributed by atoms with Gasteiger partial charge in [0.15, 0.2) is 0 Å². The van der Waals surface area contributed by atoms with Crippen LogP contribution < -0.4 is 0 Å². The first-order valence-electron chi connectivity index (χ1n) is 6.08. The molecule has 0 fully saturated rings. The van der Waals surface area contributed by atoms with Crippen molar-refractivity contribution in [1.82, 2.24) is 15.1 Å². The van der Waals surface area contributed by atoms with Gasteiger partial charge in [0.2, 0.25) is 5.91 Å². The van der Waals surface area contributed by atoms with E-state index < -0.39 is 0 Å². The normalized spacial score (nSPS) is 14.7. The van der Waals surface area contributed by atoms with E-state index in [1.807, 2.05) is 42.2 Å². The van der Waals surface area contributed by atoms with Crippen molar-refractivity contribution in [2.24, 2.45) is 0 Å². The maximum atomic E-state index is 12.1. The van der Waals surface area contributed by atoms with E-state index in [4.69, 9.17) is 0 Å². The summed E-state index contributed by atoms with van der Waals surface area (Å²) in [5, 5.41) is 7.22. The molecule has 0 saturated heterocycles. The van der Waals surface area contributed by atoms with Crippen LogP contribution in [-0.4, -0.2) is 21.0 Å². The Kier molecular flexibility index (Phi) is 2.63. The topological polar surface area (TPSA) is 49.0 Å². The minimum atomic E-state index is 0.177. The molecule has 0 bridgehead atoms. The van der Waals surface area contributed by atoms with Gasteiger partial charge in [-0.2, -0.15) is 5.10 Å². The van der Waals surface area contributed by atoms with Crippen molar-refractivity contribution in [2.75, 3.05) is 0 Å². The fourth-order valence-corrected chi connectivity index (χ4v) is 2.35. The molecule has 1 aliphatic rings. The predicted molar refractivity (Wildman–Crippen MR) is 67.7 cm³/mol. The molecule has 0 atom stereocenters. The van der Waals surface area contributed by atoms with E-state index in [1.54, 1.807) is 0 Å². The number of fused-ring (bicyclic) bond motifs is 1. The van der Waals surface area contributed by atoms with E-state index in [1.165, 1.54) is 0 Å². The van der Waals surface area contributed by atoms with E-state index in [9.17, 15) is 4.79 Å². The third kappa shape index (κ3) is 1.90. The van der Waals surface area contributed by atoms with Gasteiger partial charge in [-0.05, 0) is 12.5 Å². The number of aromatic amines is 1. The molecule has 0 aliphatic carbocycles. The van der Waals surface area contributed by atoms with Crippen LogP contribution in [0, 0.1) is 6.92 Å². The number of carbonyl (C=O) groups excluding carboxylic acids is 1. The molecule has 0 radical (unpaired) electrons. The Morgan fingerprint density at radius 2 is 2.11 bits per heavy atom. The minimum Gasteiger partial charge on any atom is -0.332 e. The van der Waals surface area contributed by atoms with Crippen LogP contribution in [0.25, 0.3) is 0 Å². The van der Waals surface area contributed by atoms with E-state index in [-0.39, 0.29) is 5.91 Å². The van der Waals surface area contributed by atoms with Gasteiger partial charge in [0.25, 0.3) is 0 Å². The van der Waals surface area contributed by atoms with Crippen LogP contribution in [0.2, 0.25) is 0 Å². The standard InChI is InChI=1S/C14H15N3O/c1-10-12-7-14(18)17(9-13(12)16-15-10)8-11-5-3-2-4-6-11/h2-6H,7-9H2,1H3,(H,15,16). The van der Waals surface area contributed by atoms with Crippen LogP contribution in [0.5, 0.6) is 0 Å². The largest absolute Gasteiger partial charge is 0.332 e. The van der Waals surface area contributed by atoms with Gasteiger partial charge in [-0.1, -0.05) is 30.3 Å². The maximum absolute atomic E-state index is 12.1. The molecule has 4 heteroatoms. The Balaban J connectivity index is 1.81. The molecule has 1 N–H and O–H groups in total. The molecule has 92 valence electrons. The second-order valence-corrected chi connectivity index (χ2v) is 4.69. The first-order chi connectivity index (χ1) is 8.74. The zero-order chi connectivity index (χ0) is 12.5. The third-order valence-electron chi connectivity index (χ3n) is 3.40. The van der Waals surface area contributed by atoms with Crippen molar-refractivity contribution < 1.29 is 4.79 Å². The SMILES string of the molecule is Cc1[nH]nc2c1CC(=O)N(Cc1ccccc1)C2. The average Bonchev–Trinajstić information content (AvgIpc) is 2.73. The number of nitrogens with one attached hydrogen (secondary N) is 1. The van der Waals surface area contributed by atoms with E-state index >= 15 is 0 Å². The number of rotatable bonds is 2. The molecule has 1 aromatic carbocycles. The molecule has 2 aromatic rings. The number of benzene rings is 1. The Hall–Kier alpha value is -2.10. The Bertz CT molecular complexity index is 574. The van der Waals surface area contributed by atoms with Crippen molar-refractivity contribution >= 4 is 5.91 Å². The van der Waals surface area contributed by atoms with Crippen molar-refractivity contribution in [3.05, 3.63) is 52.8 Å². The van der Waals surface area contributed by atoms with Crippen LogP contribution in [0.4, 0.5) is 0 Å². The molecule has 0 spiro atoms. The van der Waals surface area contributed by atoms with E-state index in [0.29, 0.717) is 19.5 Å².